The first-order valence-electron chi connectivity index (χ1n) is 5.18. The Bertz CT molecular complexity index is 209. The van der Waals surface area contributed by atoms with E-state index < -0.39 is 0 Å². The van der Waals surface area contributed by atoms with E-state index in [1.165, 1.54) is 6.08 Å². The Hall–Kier alpha value is -0.980. The summed E-state index contributed by atoms with van der Waals surface area (Å²) < 4.78 is 0. The molecule has 0 saturated heterocycles. The Morgan fingerprint density at radius 3 is 1.86 bits per heavy atom. The van der Waals surface area contributed by atoms with Crippen LogP contribution in [0.3, 0.4) is 0 Å². The largest absolute Gasteiger partial charge is 0.508 e. The minimum Gasteiger partial charge on any atom is -0.508 e. The average molecular weight is 196 g/mol. The standard InChI is InChI=1S/C11H18O.C2H6/c1-6-9(10(12)7-2)11(4,5)8-3;1-2/h6-7,12H,1-2,8H2,3-5H3;1-2H3/b10-9-;. The van der Waals surface area contributed by atoms with Gasteiger partial charge in [0.05, 0.1) is 0 Å². The lowest BCUT2D eigenvalue weighted by atomic mass is 9.81. The van der Waals surface area contributed by atoms with Crippen molar-refractivity contribution >= 4 is 0 Å². The predicted molar refractivity (Wildman–Crippen MR) is 65.5 cm³/mol. The van der Waals surface area contributed by atoms with Crippen molar-refractivity contribution in [2.45, 2.75) is 41.0 Å². The lowest BCUT2D eigenvalue weighted by Gasteiger charge is -2.24. The fraction of sp³-hybridized carbons (Fsp3) is 0.538. The highest BCUT2D eigenvalue weighted by Gasteiger charge is 2.21. The third kappa shape index (κ3) is 4.31. The van der Waals surface area contributed by atoms with Crippen LogP contribution >= 0.6 is 0 Å². The molecule has 1 heteroatoms. The summed E-state index contributed by atoms with van der Waals surface area (Å²) in [5.74, 6) is 0.233. The molecule has 0 bridgehead atoms. The molecule has 0 fully saturated rings. The Morgan fingerprint density at radius 1 is 1.21 bits per heavy atom. The molecule has 0 atom stereocenters. The lowest BCUT2D eigenvalue weighted by Crippen LogP contribution is -2.13. The summed E-state index contributed by atoms with van der Waals surface area (Å²) in [6.07, 6.45) is 4.11. The van der Waals surface area contributed by atoms with Gasteiger partial charge in [-0.2, -0.15) is 0 Å². The van der Waals surface area contributed by atoms with Gasteiger partial charge in [0.15, 0.2) is 0 Å². The number of hydrogen-bond acceptors (Lipinski definition) is 1. The van der Waals surface area contributed by atoms with Crippen LogP contribution in [-0.4, -0.2) is 5.11 Å². The van der Waals surface area contributed by atoms with Crippen molar-refractivity contribution in [3.63, 3.8) is 0 Å². The molecular weight excluding hydrogens is 172 g/mol. The van der Waals surface area contributed by atoms with Crippen LogP contribution in [0, 0.1) is 5.41 Å². The van der Waals surface area contributed by atoms with Gasteiger partial charge in [0.25, 0.3) is 0 Å². The Labute approximate surface area is 88.8 Å². The van der Waals surface area contributed by atoms with Crippen LogP contribution in [0.1, 0.15) is 41.0 Å². The SMILES string of the molecule is C=C/C(O)=C(\C=C)C(C)(C)CC.CC. The van der Waals surface area contributed by atoms with Crippen molar-refractivity contribution in [3.05, 3.63) is 36.6 Å². The second kappa shape index (κ2) is 7.43. The summed E-state index contributed by atoms with van der Waals surface area (Å²) in [4.78, 5) is 0. The van der Waals surface area contributed by atoms with Gasteiger partial charge in [-0.05, 0) is 23.5 Å². The van der Waals surface area contributed by atoms with E-state index in [2.05, 4.69) is 33.9 Å². The van der Waals surface area contributed by atoms with E-state index >= 15 is 0 Å². The molecule has 1 N–H and O–H groups in total. The van der Waals surface area contributed by atoms with Gasteiger partial charge in [0, 0.05) is 0 Å². The van der Waals surface area contributed by atoms with Crippen LogP contribution < -0.4 is 0 Å². The monoisotopic (exact) mass is 196 g/mol. The van der Waals surface area contributed by atoms with Gasteiger partial charge in [0.1, 0.15) is 5.76 Å². The zero-order valence-electron chi connectivity index (χ0n) is 10.2. The number of hydrogen-bond donors (Lipinski definition) is 1. The van der Waals surface area contributed by atoms with Crippen molar-refractivity contribution in [2.24, 2.45) is 5.41 Å². The number of aliphatic hydroxyl groups excluding tert-OH is 1. The van der Waals surface area contributed by atoms with Gasteiger partial charge in [-0.15, -0.1) is 0 Å². The van der Waals surface area contributed by atoms with Crippen LogP contribution in [0.25, 0.3) is 0 Å². The van der Waals surface area contributed by atoms with Crippen LogP contribution in [0.15, 0.2) is 36.6 Å². The van der Waals surface area contributed by atoms with Crippen molar-refractivity contribution in [1.29, 1.82) is 0 Å². The second-order valence-corrected chi connectivity index (χ2v) is 3.44. The first-order chi connectivity index (χ1) is 6.49. The molecule has 0 aromatic rings. The van der Waals surface area contributed by atoms with Crippen LogP contribution in [-0.2, 0) is 0 Å². The predicted octanol–water partition coefficient (Wildman–Crippen LogP) is 4.63. The highest BCUT2D eigenvalue weighted by Crippen LogP contribution is 2.32. The molecule has 0 aromatic heterocycles. The van der Waals surface area contributed by atoms with Gasteiger partial charge in [-0.3, -0.25) is 0 Å². The fourth-order valence-electron chi connectivity index (χ4n) is 1.03. The van der Waals surface area contributed by atoms with Gasteiger partial charge < -0.3 is 5.11 Å². The van der Waals surface area contributed by atoms with E-state index in [0.717, 1.165) is 12.0 Å². The summed E-state index contributed by atoms with van der Waals surface area (Å²) in [6.45, 7) is 17.4. The molecule has 0 aromatic carbocycles. The molecule has 0 aliphatic heterocycles. The highest BCUT2D eigenvalue weighted by atomic mass is 16.3. The fourth-order valence-corrected chi connectivity index (χ4v) is 1.03. The van der Waals surface area contributed by atoms with E-state index in [4.69, 9.17) is 0 Å². The summed E-state index contributed by atoms with van der Waals surface area (Å²) in [7, 11) is 0. The van der Waals surface area contributed by atoms with Crippen LogP contribution in [0.2, 0.25) is 0 Å². The first-order valence-corrected chi connectivity index (χ1v) is 5.18. The van der Waals surface area contributed by atoms with Crippen molar-refractivity contribution in [1.82, 2.24) is 0 Å². The van der Waals surface area contributed by atoms with E-state index in [-0.39, 0.29) is 11.2 Å². The van der Waals surface area contributed by atoms with E-state index in [1.54, 1.807) is 6.08 Å². The minimum absolute atomic E-state index is 0.0278. The lowest BCUT2D eigenvalue weighted by molar-refractivity contribution is 0.376. The number of aliphatic hydroxyl groups is 1. The Balaban J connectivity index is 0. The third-order valence-electron chi connectivity index (χ3n) is 2.29. The van der Waals surface area contributed by atoms with Gasteiger partial charge >= 0.3 is 0 Å². The molecule has 14 heavy (non-hydrogen) atoms. The maximum absolute atomic E-state index is 9.47. The van der Waals surface area contributed by atoms with E-state index in [0.29, 0.717) is 0 Å². The Morgan fingerprint density at radius 2 is 1.64 bits per heavy atom. The molecule has 82 valence electrons. The molecule has 0 unspecified atom stereocenters. The minimum atomic E-state index is -0.0278. The zero-order chi connectivity index (χ0) is 11.8. The molecule has 0 spiro atoms. The smallest absolute Gasteiger partial charge is 0.118 e. The molecule has 0 radical (unpaired) electrons. The van der Waals surface area contributed by atoms with Crippen molar-refractivity contribution in [3.8, 4) is 0 Å². The summed E-state index contributed by atoms with van der Waals surface area (Å²) in [6, 6.07) is 0. The molecule has 1 nitrogen and oxygen atoms in total. The van der Waals surface area contributed by atoms with E-state index in [9.17, 15) is 5.11 Å². The zero-order valence-corrected chi connectivity index (χ0v) is 10.2. The second-order valence-electron chi connectivity index (χ2n) is 3.44. The molecule has 0 rings (SSSR count). The van der Waals surface area contributed by atoms with Crippen molar-refractivity contribution in [2.75, 3.05) is 0 Å². The molecule has 0 amide bonds. The van der Waals surface area contributed by atoms with Gasteiger partial charge in [0.2, 0.25) is 0 Å². The number of rotatable bonds is 4. The summed E-state index contributed by atoms with van der Waals surface area (Å²) >= 11 is 0. The summed E-state index contributed by atoms with van der Waals surface area (Å²) in [5.41, 5.74) is 0.833. The van der Waals surface area contributed by atoms with Crippen molar-refractivity contribution < 1.29 is 5.11 Å². The highest BCUT2D eigenvalue weighted by molar-refractivity contribution is 5.31. The topological polar surface area (TPSA) is 20.2 Å². The quantitative estimate of drug-likeness (QED) is 0.513. The van der Waals surface area contributed by atoms with Crippen LogP contribution in [0.4, 0.5) is 0 Å². The molecule has 0 aliphatic rings. The maximum Gasteiger partial charge on any atom is 0.118 e. The third-order valence-corrected chi connectivity index (χ3v) is 2.29. The molecule has 0 heterocycles. The normalized spacial score (nSPS) is 12.1. The Kier molecular flexibility index (Phi) is 8.22. The molecule has 0 saturated carbocycles. The van der Waals surface area contributed by atoms with E-state index in [1.807, 2.05) is 13.8 Å². The van der Waals surface area contributed by atoms with Gasteiger partial charge in [-0.25, -0.2) is 0 Å². The van der Waals surface area contributed by atoms with Crippen LogP contribution in [0.5, 0.6) is 0 Å². The maximum atomic E-state index is 9.47. The molecular formula is C13H24O. The summed E-state index contributed by atoms with van der Waals surface area (Å²) in [5, 5.41) is 9.47. The molecule has 0 aliphatic carbocycles. The average Bonchev–Trinajstić information content (AvgIpc) is 2.21. The first kappa shape index (κ1) is 15.5. The van der Waals surface area contributed by atoms with Gasteiger partial charge in [-0.1, -0.05) is 53.9 Å². The number of allylic oxidation sites excluding steroid dienone is 3.